The molecule has 0 atom stereocenters. The summed E-state index contributed by atoms with van der Waals surface area (Å²) in [5.41, 5.74) is 0.688. The van der Waals surface area contributed by atoms with Gasteiger partial charge >= 0.3 is 0 Å². The topological polar surface area (TPSA) is 68.7 Å². The zero-order valence-corrected chi connectivity index (χ0v) is 13.6. The van der Waals surface area contributed by atoms with Crippen molar-refractivity contribution in [1.29, 1.82) is 0 Å². The average Bonchev–Trinajstić information content (AvgIpc) is 2.80. The van der Waals surface area contributed by atoms with E-state index in [1.807, 2.05) is 6.07 Å². The number of aromatic nitrogens is 1. The van der Waals surface area contributed by atoms with E-state index in [1.165, 1.54) is 23.5 Å². The second-order valence-electron chi connectivity index (χ2n) is 5.24. The second-order valence-corrected chi connectivity index (χ2v) is 7.29. The SMILES string of the molecule is CN(Cc1ccccn1)S(=O)(=O)c1ccc2c(c1)OCCCO2. The molecule has 6 nitrogen and oxygen atoms in total. The fourth-order valence-corrected chi connectivity index (χ4v) is 3.45. The number of hydrogen-bond donors (Lipinski definition) is 0. The van der Waals surface area contributed by atoms with Crippen molar-refractivity contribution in [2.75, 3.05) is 20.3 Å². The molecule has 0 saturated heterocycles. The molecule has 0 amide bonds. The molecule has 0 bridgehead atoms. The minimum absolute atomic E-state index is 0.181. The lowest BCUT2D eigenvalue weighted by Gasteiger charge is -2.17. The molecule has 0 spiro atoms. The predicted molar refractivity (Wildman–Crippen MR) is 84.9 cm³/mol. The standard InChI is InChI=1S/C16H18N2O4S/c1-18(12-13-5-2-3-8-17-13)23(19,20)14-6-7-15-16(11-14)22-10-4-9-21-15/h2-3,5-8,11H,4,9-10,12H2,1H3. The largest absolute Gasteiger partial charge is 0.490 e. The molecule has 122 valence electrons. The van der Waals surface area contributed by atoms with Crippen molar-refractivity contribution >= 4 is 10.0 Å². The highest BCUT2D eigenvalue weighted by Gasteiger charge is 2.23. The van der Waals surface area contributed by atoms with Gasteiger partial charge in [-0.05, 0) is 24.3 Å². The molecule has 1 aromatic heterocycles. The van der Waals surface area contributed by atoms with E-state index < -0.39 is 10.0 Å². The molecule has 1 aliphatic rings. The third-order valence-electron chi connectivity index (χ3n) is 3.54. The Kier molecular flexibility index (Phi) is 4.49. The molecule has 0 aliphatic carbocycles. The van der Waals surface area contributed by atoms with Gasteiger partial charge < -0.3 is 9.47 Å². The number of pyridine rings is 1. The Hall–Kier alpha value is -2.12. The Labute approximate surface area is 135 Å². The highest BCUT2D eigenvalue weighted by molar-refractivity contribution is 7.89. The smallest absolute Gasteiger partial charge is 0.243 e. The highest BCUT2D eigenvalue weighted by Crippen LogP contribution is 2.32. The molecule has 2 heterocycles. The molecule has 1 aliphatic heterocycles. The molecular weight excluding hydrogens is 316 g/mol. The lowest BCUT2D eigenvalue weighted by atomic mass is 10.3. The van der Waals surface area contributed by atoms with E-state index in [-0.39, 0.29) is 11.4 Å². The molecule has 1 aromatic carbocycles. The first-order valence-corrected chi connectivity index (χ1v) is 8.77. The van der Waals surface area contributed by atoms with Crippen LogP contribution in [0.1, 0.15) is 12.1 Å². The van der Waals surface area contributed by atoms with Gasteiger partial charge in [0.1, 0.15) is 0 Å². The summed E-state index contributed by atoms with van der Waals surface area (Å²) in [5.74, 6) is 1.05. The number of hydrogen-bond acceptors (Lipinski definition) is 5. The molecule has 3 rings (SSSR count). The van der Waals surface area contributed by atoms with Gasteiger partial charge in [-0.25, -0.2) is 8.42 Å². The highest BCUT2D eigenvalue weighted by atomic mass is 32.2. The van der Waals surface area contributed by atoms with Crippen molar-refractivity contribution in [2.45, 2.75) is 17.9 Å². The third-order valence-corrected chi connectivity index (χ3v) is 5.34. The maximum absolute atomic E-state index is 12.7. The fourth-order valence-electron chi connectivity index (χ4n) is 2.29. The van der Waals surface area contributed by atoms with E-state index in [0.717, 1.165) is 6.42 Å². The van der Waals surface area contributed by atoms with Gasteiger partial charge in [-0.2, -0.15) is 4.31 Å². The van der Waals surface area contributed by atoms with Crippen LogP contribution in [0.25, 0.3) is 0 Å². The van der Waals surface area contributed by atoms with Crippen LogP contribution in [0.4, 0.5) is 0 Å². The summed E-state index contributed by atoms with van der Waals surface area (Å²) < 4.78 is 37.8. The van der Waals surface area contributed by atoms with Crippen molar-refractivity contribution in [1.82, 2.24) is 9.29 Å². The molecule has 2 aromatic rings. The van der Waals surface area contributed by atoms with Crippen LogP contribution in [-0.2, 0) is 16.6 Å². The minimum atomic E-state index is -3.62. The predicted octanol–water partition coefficient (Wildman–Crippen LogP) is 2.06. The van der Waals surface area contributed by atoms with E-state index in [9.17, 15) is 8.42 Å². The van der Waals surface area contributed by atoms with Gasteiger partial charge in [0.2, 0.25) is 10.0 Å². The van der Waals surface area contributed by atoms with Crippen LogP contribution < -0.4 is 9.47 Å². The molecule has 7 heteroatoms. The van der Waals surface area contributed by atoms with Crippen molar-refractivity contribution in [3.05, 3.63) is 48.3 Å². The Morgan fingerprint density at radius 1 is 1.13 bits per heavy atom. The summed E-state index contributed by atoms with van der Waals surface area (Å²) in [7, 11) is -2.09. The number of rotatable bonds is 4. The molecule has 0 fully saturated rings. The third kappa shape index (κ3) is 3.46. The summed E-state index contributed by atoms with van der Waals surface area (Å²) in [6.45, 7) is 1.29. The zero-order chi connectivity index (χ0) is 16.3. The first-order valence-electron chi connectivity index (χ1n) is 7.33. The minimum Gasteiger partial charge on any atom is -0.490 e. The second kappa shape index (κ2) is 6.55. The monoisotopic (exact) mass is 334 g/mol. The normalized spacial score (nSPS) is 14.5. The Morgan fingerprint density at radius 3 is 2.65 bits per heavy atom. The van der Waals surface area contributed by atoms with E-state index in [0.29, 0.717) is 30.4 Å². The van der Waals surface area contributed by atoms with Crippen LogP contribution in [0.5, 0.6) is 11.5 Å². The maximum atomic E-state index is 12.7. The van der Waals surface area contributed by atoms with Gasteiger partial charge in [-0.1, -0.05) is 6.07 Å². The van der Waals surface area contributed by atoms with Crippen molar-refractivity contribution in [3.8, 4) is 11.5 Å². The van der Waals surface area contributed by atoms with Crippen molar-refractivity contribution in [2.24, 2.45) is 0 Å². The van der Waals surface area contributed by atoms with E-state index in [4.69, 9.17) is 9.47 Å². The molecule has 0 radical (unpaired) electrons. The maximum Gasteiger partial charge on any atom is 0.243 e. The Morgan fingerprint density at radius 2 is 1.91 bits per heavy atom. The molecule has 0 saturated carbocycles. The number of nitrogens with zero attached hydrogens (tertiary/aromatic N) is 2. The summed E-state index contributed by atoms with van der Waals surface area (Å²) >= 11 is 0. The molecule has 0 unspecified atom stereocenters. The number of ether oxygens (including phenoxy) is 2. The number of benzene rings is 1. The van der Waals surface area contributed by atoms with Crippen LogP contribution in [0.15, 0.2) is 47.5 Å². The first kappa shape index (κ1) is 15.8. The zero-order valence-electron chi connectivity index (χ0n) is 12.8. The van der Waals surface area contributed by atoms with Gasteiger partial charge in [0.25, 0.3) is 0 Å². The number of sulfonamides is 1. The summed E-state index contributed by atoms with van der Waals surface area (Å²) in [4.78, 5) is 4.34. The van der Waals surface area contributed by atoms with Crippen LogP contribution in [0.2, 0.25) is 0 Å². The quantitative estimate of drug-likeness (QED) is 0.856. The van der Waals surface area contributed by atoms with Gasteiger partial charge in [0.05, 0.1) is 30.3 Å². The molecule has 0 N–H and O–H groups in total. The van der Waals surface area contributed by atoms with Crippen LogP contribution in [0.3, 0.4) is 0 Å². The van der Waals surface area contributed by atoms with Crippen LogP contribution >= 0.6 is 0 Å². The van der Waals surface area contributed by atoms with Gasteiger partial charge in [0, 0.05) is 25.7 Å². The first-order chi connectivity index (χ1) is 11.1. The van der Waals surface area contributed by atoms with Gasteiger partial charge in [-0.3, -0.25) is 4.98 Å². The molecule has 23 heavy (non-hydrogen) atoms. The van der Waals surface area contributed by atoms with Crippen molar-refractivity contribution < 1.29 is 17.9 Å². The van der Waals surface area contributed by atoms with E-state index in [2.05, 4.69) is 4.98 Å². The number of fused-ring (bicyclic) bond motifs is 1. The lowest BCUT2D eigenvalue weighted by molar-refractivity contribution is 0.297. The molecular formula is C16H18N2O4S. The average molecular weight is 334 g/mol. The Balaban J connectivity index is 1.86. The lowest BCUT2D eigenvalue weighted by Crippen LogP contribution is -2.26. The fraction of sp³-hybridized carbons (Fsp3) is 0.312. The van der Waals surface area contributed by atoms with Crippen LogP contribution in [0, 0.1) is 0 Å². The van der Waals surface area contributed by atoms with E-state index in [1.54, 1.807) is 24.4 Å². The summed E-state index contributed by atoms with van der Waals surface area (Å²) in [6, 6.07) is 10.1. The van der Waals surface area contributed by atoms with Gasteiger partial charge in [0.15, 0.2) is 11.5 Å². The Bertz CT molecular complexity index is 778. The summed E-state index contributed by atoms with van der Waals surface area (Å²) in [6.07, 6.45) is 2.42. The van der Waals surface area contributed by atoms with Gasteiger partial charge in [-0.15, -0.1) is 0 Å². The summed E-state index contributed by atoms with van der Waals surface area (Å²) in [5, 5.41) is 0. The van der Waals surface area contributed by atoms with Crippen LogP contribution in [-0.4, -0.2) is 38.0 Å². The van der Waals surface area contributed by atoms with Crippen molar-refractivity contribution in [3.63, 3.8) is 0 Å². The van der Waals surface area contributed by atoms with E-state index >= 15 is 0 Å².